The molecule has 1 aliphatic heterocycles. The molecule has 0 saturated heterocycles. The smallest absolute Gasteiger partial charge is 0.279 e. The maximum Gasteiger partial charge on any atom is 0.279 e. The number of carbonyl (C=O) groups is 1. The minimum atomic E-state index is -0.0483. The first-order valence-corrected chi connectivity index (χ1v) is 10.3. The molecule has 2 aromatic rings. The van der Waals surface area contributed by atoms with E-state index in [-0.39, 0.29) is 5.91 Å². The molecule has 1 heterocycles. The predicted molar refractivity (Wildman–Crippen MR) is 115 cm³/mol. The van der Waals surface area contributed by atoms with Crippen LogP contribution in [0.15, 0.2) is 30.3 Å². The third-order valence-corrected chi connectivity index (χ3v) is 5.15. The minimum Gasteiger partial charge on any atom is -0.497 e. The lowest BCUT2D eigenvalue weighted by molar-refractivity contribution is -0.907. The summed E-state index contributed by atoms with van der Waals surface area (Å²) in [6, 6.07) is 9.49. The number of nitrogens with one attached hydrogen (secondary N) is 2. The van der Waals surface area contributed by atoms with Crippen LogP contribution in [0.2, 0.25) is 0 Å². The predicted octanol–water partition coefficient (Wildman–Crippen LogP) is 2.08. The first-order valence-electron chi connectivity index (χ1n) is 10.3. The minimum absolute atomic E-state index is 0.0483. The second-order valence-electron chi connectivity index (χ2n) is 7.15. The molecule has 2 aromatic carbocycles. The van der Waals surface area contributed by atoms with E-state index in [0.29, 0.717) is 36.9 Å². The van der Waals surface area contributed by atoms with Gasteiger partial charge in [-0.05, 0) is 43.7 Å². The Morgan fingerprint density at radius 1 is 0.967 bits per heavy atom. The Morgan fingerprint density at radius 3 is 2.30 bits per heavy atom. The number of rotatable bonds is 9. The van der Waals surface area contributed by atoms with Crippen LogP contribution >= 0.6 is 0 Å². The quantitative estimate of drug-likeness (QED) is 0.656. The topological polar surface area (TPSA) is 70.5 Å². The average Bonchev–Trinajstić information content (AvgIpc) is 2.75. The fraction of sp³-hybridized carbons (Fsp3) is 0.435. The van der Waals surface area contributed by atoms with Crippen LogP contribution in [0.25, 0.3) is 0 Å². The van der Waals surface area contributed by atoms with Gasteiger partial charge in [-0.15, -0.1) is 0 Å². The molecule has 3 rings (SSSR count). The summed E-state index contributed by atoms with van der Waals surface area (Å²) in [6.07, 6.45) is 0.899. The third kappa shape index (κ3) is 5.16. The van der Waals surface area contributed by atoms with E-state index >= 15 is 0 Å². The number of carbonyl (C=O) groups excluding carboxylic acids is 1. The highest BCUT2D eigenvalue weighted by atomic mass is 16.5. The van der Waals surface area contributed by atoms with Gasteiger partial charge in [-0.3, -0.25) is 4.79 Å². The fourth-order valence-corrected chi connectivity index (χ4v) is 3.72. The summed E-state index contributed by atoms with van der Waals surface area (Å²) >= 11 is 0. The molecule has 1 atom stereocenters. The molecule has 30 heavy (non-hydrogen) atoms. The number of amides is 1. The molecule has 1 aliphatic rings. The Labute approximate surface area is 177 Å². The summed E-state index contributed by atoms with van der Waals surface area (Å²) in [7, 11) is 3.17. The molecule has 1 unspecified atom stereocenters. The zero-order chi connectivity index (χ0) is 21.5. The number of benzene rings is 2. The van der Waals surface area contributed by atoms with E-state index in [1.165, 1.54) is 16.0 Å². The van der Waals surface area contributed by atoms with E-state index in [1.54, 1.807) is 32.4 Å². The highest BCUT2D eigenvalue weighted by molar-refractivity contribution is 5.93. The molecule has 0 radical (unpaired) electrons. The molecule has 7 nitrogen and oxygen atoms in total. The van der Waals surface area contributed by atoms with Crippen molar-refractivity contribution < 1.29 is 28.6 Å². The van der Waals surface area contributed by atoms with Crippen molar-refractivity contribution >= 4 is 11.6 Å². The maximum atomic E-state index is 12.7. The Kier molecular flexibility index (Phi) is 7.41. The molecule has 0 bridgehead atoms. The van der Waals surface area contributed by atoms with Crippen molar-refractivity contribution in [2.45, 2.75) is 26.8 Å². The van der Waals surface area contributed by atoms with Crippen LogP contribution in [-0.2, 0) is 17.8 Å². The maximum absolute atomic E-state index is 12.7. The Bertz CT molecular complexity index is 884. The third-order valence-electron chi connectivity index (χ3n) is 5.15. The van der Waals surface area contributed by atoms with Crippen molar-refractivity contribution in [2.24, 2.45) is 0 Å². The normalized spacial score (nSPS) is 15.1. The van der Waals surface area contributed by atoms with Crippen molar-refractivity contribution in [1.82, 2.24) is 0 Å². The molecule has 162 valence electrons. The van der Waals surface area contributed by atoms with Gasteiger partial charge in [-0.1, -0.05) is 0 Å². The second kappa shape index (κ2) is 10.2. The lowest BCUT2D eigenvalue weighted by Crippen LogP contribution is -3.12. The van der Waals surface area contributed by atoms with Gasteiger partial charge in [0.25, 0.3) is 5.91 Å². The number of quaternary nitrogens is 1. The summed E-state index contributed by atoms with van der Waals surface area (Å²) in [5.41, 5.74) is 3.11. The largest absolute Gasteiger partial charge is 0.497 e. The SMILES string of the molecule is CCOc1cc2c(cc1OCC)C[NH+](CC(=O)Nc1ccc(OC)cc1OC)CC2. The lowest BCUT2D eigenvalue weighted by atomic mass is 9.98. The summed E-state index contributed by atoms with van der Waals surface area (Å²) in [4.78, 5) is 13.9. The number of hydrogen-bond acceptors (Lipinski definition) is 5. The van der Waals surface area contributed by atoms with Crippen molar-refractivity contribution in [3.63, 3.8) is 0 Å². The number of ether oxygens (including phenoxy) is 4. The summed E-state index contributed by atoms with van der Waals surface area (Å²) < 4.78 is 22.1. The van der Waals surface area contributed by atoms with E-state index < -0.39 is 0 Å². The van der Waals surface area contributed by atoms with Crippen LogP contribution in [0.3, 0.4) is 0 Å². The van der Waals surface area contributed by atoms with Crippen molar-refractivity contribution in [2.75, 3.05) is 45.8 Å². The fourth-order valence-electron chi connectivity index (χ4n) is 3.72. The number of methoxy groups -OCH3 is 2. The first kappa shape index (κ1) is 21.8. The molecule has 0 fully saturated rings. The van der Waals surface area contributed by atoms with E-state index in [4.69, 9.17) is 18.9 Å². The second-order valence-corrected chi connectivity index (χ2v) is 7.15. The van der Waals surface area contributed by atoms with Crippen molar-refractivity contribution in [3.8, 4) is 23.0 Å². The highest BCUT2D eigenvalue weighted by Crippen LogP contribution is 2.32. The molecule has 7 heteroatoms. The lowest BCUT2D eigenvalue weighted by Gasteiger charge is -2.26. The zero-order valence-corrected chi connectivity index (χ0v) is 18.2. The Morgan fingerprint density at radius 2 is 1.67 bits per heavy atom. The van der Waals surface area contributed by atoms with Crippen molar-refractivity contribution in [3.05, 3.63) is 41.5 Å². The van der Waals surface area contributed by atoms with Crippen LogP contribution in [0, 0.1) is 0 Å². The van der Waals surface area contributed by atoms with Gasteiger partial charge in [0.1, 0.15) is 18.0 Å². The number of hydrogen-bond donors (Lipinski definition) is 2. The summed E-state index contributed by atoms with van der Waals surface area (Å²) in [6.45, 7) is 7.16. The van der Waals surface area contributed by atoms with Gasteiger partial charge >= 0.3 is 0 Å². The summed E-state index contributed by atoms with van der Waals surface area (Å²) in [5.74, 6) is 2.77. The van der Waals surface area contributed by atoms with Crippen LogP contribution in [0.5, 0.6) is 23.0 Å². The van der Waals surface area contributed by atoms with Gasteiger partial charge in [0, 0.05) is 18.1 Å². The molecule has 1 amide bonds. The van der Waals surface area contributed by atoms with Crippen molar-refractivity contribution in [1.29, 1.82) is 0 Å². The number of fused-ring (bicyclic) bond motifs is 1. The molecule has 0 aliphatic carbocycles. The van der Waals surface area contributed by atoms with Crippen LogP contribution in [0.1, 0.15) is 25.0 Å². The van der Waals surface area contributed by atoms with Crippen LogP contribution in [-0.4, -0.2) is 46.4 Å². The zero-order valence-electron chi connectivity index (χ0n) is 18.2. The van der Waals surface area contributed by atoms with E-state index in [1.807, 2.05) is 13.8 Å². The summed E-state index contributed by atoms with van der Waals surface area (Å²) in [5, 5.41) is 2.96. The van der Waals surface area contributed by atoms with Gasteiger partial charge in [-0.25, -0.2) is 0 Å². The molecule has 2 N–H and O–H groups in total. The van der Waals surface area contributed by atoms with E-state index in [0.717, 1.165) is 31.0 Å². The molecule has 0 saturated carbocycles. The Balaban J connectivity index is 1.67. The average molecular weight is 416 g/mol. The van der Waals surface area contributed by atoms with Gasteiger partial charge in [-0.2, -0.15) is 0 Å². The van der Waals surface area contributed by atoms with Gasteiger partial charge in [0.05, 0.1) is 39.7 Å². The Hall–Kier alpha value is -2.93. The van der Waals surface area contributed by atoms with Crippen LogP contribution in [0.4, 0.5) is 5.69 Å². The van der Waals surface area contributed by atoms with E-state index in [9.17, 15) is 4.79 Å². The molecular formula is C23H31N2O5+. The van der Waals surface area contributed by atoms with Crippen LogP contribution < -0.4 is 29.2 Å². The molecular weight excluding hydrogens is 384 g/mol. The number of anilines is 1. The van der Waals surface area contributed by atoms with Gasteiger partial charge in [0.2, 0.25) is 0 Å². The van der Waals surface area contributed by atoms with Gasteiger partial charge < -0.3 is 29.2 Å². The van der Waals surface area contributed by atoms with Gasteiger partial charge in [0.15, 0.2) is 18.0 Å². The first-order chi connectivity index (χ1) is 14.6. The standard InChI is InChI=1S/C23H30N2O5/c1-5-29-21-11-16-9-10-25(14-17(16)12-22(21)30-6-2)15-23(26)24-19-8-7-18(27-3)13-20(19)28-4/h7-8,11-13H,5-6,9-10,14-15H2,1-4H3,(H,24,26)/p+1. The highest BCUT2D eigenvalue weighted by Gasteiger charge is 2.24. The monoisotopic (exact) mass is 415 g/mol. The van der Waals surface area contributed by atoms with E-state index in [2.05, 4.69) is 17.4 Å². The molecule has 0 aromatic heterocycles. The molecule has 0 spiro atoms.